The van der Waals surface area contributed by atoms with Crippen LogP contribution in [0.2, 0.25) is 0 Å². The first kappa shape index (κ1) is 40.6. The van der Waals surface area contributed by atoms with E-state index >= 15 is 4.39 Å². The lowest BCUT2D eigenvalue weighted by Crippen LogP contribution is -2.36. The number of hydrogen-bond donors (Lipinski definition) is 3. The summed E-state index contributed by atoms with van der Waals surface area (Å²) in [6, 6.07) is 11.9. The van der Waals surface area contributed by atoms with Crippen LogP contribution in [0.4, 0.5) is 28.9 Å². The van der Waals surface area contributed by atoms with Crippen molar-refractivity contribution in [3.8, 4) is 28.3 Å². The number of fused-ring (bicyclic) bond motifs is 6. The third-order valence-corrected chi connectivity index (χ3v) is 10.8. The minimum atomic E-state index is -0.420. The zero-order valence-corrected chi connectivity index (χ0v) is 34.5. The zero-order valence-electron chi connectivity index (χ0n) is 32.9. The summed E-state index contributed by atoms with van der Waals surface area (Å²) in [5.74, 6) is 0.761. The molecule has 4 aromatic carbocycles. The van der Waals surface area contributed by atoms with Gasteiger partial charge in [0.15, 0.2) is 0 Å². The molecule has 2 aromatic heterocycles. The van der Waals surface area contributed by atoms with Gasteiger partial charge in [-0.15, -0.1) is 0 Å². The third kappa shape index (κ3) is 7.56. The molecular weight excluding hydrogens is 787 g/mol. The number of aryl methyl sites for hydroxylation is 4. The Labute approximate surface area is 333 Å². The summed E-state index contributed by atoms with van der Waals surface area (Å²) in [6.45, 7) is 19.5. The summed E-state index contributed by atoms with van der Waals surface area (Å²) in [5, 5.41) is 15.0. The van der Waals surface area contributed by atoms with E-state index in [1.807, 2.05) is 73.8 Å². The molecule has 0 saturated heterocycles. The SMILES string of the molecule is Cc1c(Br)c(F)cc2c1-n1c(C)cnc1C(C)(C)N2.Cc1cc(F)cc(-c2c(F)cc3c(c2C)-n2c(C)cnc2C(C)(C)N3)c1.Cc1cc(F)cc(O[B]O)c1. The van der Waals surface area contributed by atoms with Crippen LogP contribution in [0.3, 0.4) is 0 Å². The Morgan fingerprint density at radius 1 is 0.661 bits per heavy atom. The van der Waals surface area contributed by atoms with Crippen LogP contribution in [-0.4, -0.2) is 31.8 Å². The topological polar surface area (TPSA) is 89.2 Å². The van der Waals surface area contributed by atoms with Crippen molar-refractivity contribution in [3.05, 3.63) is 134 Å². The largest absolute Gasteiger partial charge is 0.569 e. The van der Waals surface area contributed by atoms with Crippen molar-refractivity contribution >= 4 is 35.0 Å². The molecule has 0 aliphatic carbocycles. The van der Waals surface area contributed by atoms with Crippen LogP contribution >= 0.6 is 15.9 Å². The molecule has 4 heterocycles. The fourth-order valence-electron chi connectivity index (χ4n) is 7.45. The standard InChI is InChI=1S/C21H21F2N3.C14H15BrFN3.C7H7BFO2/c1-11-6-14(8-15(22)7-11)18-13(3)19-17(9-16(18)23)25-21(4,5)20-24-10-12(2)26(19)20;1-7-6-17-13-14(3,4)18-10-5-9(16)11(15)8(2)12(10)19(7)13;1-5-2-6(9)4-7(3-5)11-8-10/h6-10,25H,1-5H3;5-6,18H,1-4H3;2-4,10H,1H3. The van der Waals surface area contributed by atoms with E-state index in [1.165, 1.54) is 36.4 Å². The summed E-state index contributed by atoms with van der Waals surface area (Å²) in [4.78, 5) is 9.04. The van der Waals surface area contributed by atoms with Crippen molar-refractivity contribution in [3.63, 3.8) is 0 Å². The molecule has 0 fully saturated rings. The molecule has 1 radical (unpaired) electrons. The quantitative estimate of drug-likeness (QED) is 0.122. The maximum Gasteiger partial charge on any atom is 0.569 e. The average Bonchev–Trinajstić information content (AvgIpc) is 3.67. The Balaban J connectivity index is 0.000000155. The van der Waals surface area contributed by atoms with Crippen LogP contribution in [-0.2, 0) is 11.1 Å². The zero-order chi connectivity index (χ0) is 41.0. The molecule has 2 aliphatic rings. The normalized spacial score (nSPS) is 13.9. The van der Waals surface area contributed by atoms with E-state index in [9.17, 15) is 13.2 Å². The molecule has 6 aromatic rings. The van der Waals surface area contributed by atoms with E-state index in [-0.39, 0.29) is 28.8 Å². The van der Waals surface area contributed by atoms with Crippen LogP contribution in [0.15, 0.2) is 65.4 Å². The average molecular weight is 831 g/mol. The molecule has 56 heavy (non-hydrogen) atoms. The van der Waals surface area contributed by atoms with E-state index in [1.54, 1.807) is 19.9 Å². The van der Waals surface area contributed by atoms with Gasteiger partial charge in [-0.05, 0) is 143 Å². The summed E-state index contributed by atoms with van der Waals surface area (Å²) >= 11 is 3.31. The molecule has 0 bridgehead atoms. The highest BCUT2D eigenvalue weighted by Gasteiger charge is 2.36. The van der Waals surface area contributed by atoms with Gasteiger partial charge >= 0.3 is 7.69 Å². The fraction of sp³-hybridized carbons (Fsp3) is 0.286. The van der Waals surface area contributed by atoms with Gasteiger partial charge in [0.25, 0.3) is 0 Å². The molecule has 0 atom stereocenters. The summed E-state index contributed by atoms with van der Waals surface area (Å²) < 4.78 is 64.7. The van der Waals surface area contributed by atoms with Crippen LogP contribution in [0, 0.1) is 64.8 Å². The van der Waals surface area contributed by atoms with Gasteiger partial charge in [0, 0.05) is 41.5 Å². The van der Waals surface area contributed by atoms with Gasteiger partial charge < -0.3 is 20.3 Å². The van der Waals surface area contributed by atoms with Crippen molar-refractivity contribution in [1.82, 2.24) is 19.1 Å². The third-order valence-electron chi connectivity index (χ3n) is 9.79. The van der Waals surface area contributed by atoms with Gasteiger partial charge in [-0.3, -0.25) is 9.13 Å². The van der Waals surface area contributed by atoms with E-state index < -0.39 is 5.54 Å². The summed E-state index contributed by atoms with van der Waals surface area (Å²) in [7, 11) is 0.522. The van der Waals surface area contributed by atoms with Gasteiger partial charge in [0.2, 0.25) is 0 Å². The van der Waals surface area contributed by atoms with E-state index in [0.29, 0.717) is 29.0 Å². The number of imidazole rings is 2. The number of halogens is 5. The second kappa shape index (κ2) is 15.1. The van der Waals surface area contributed by atoms with Gasteiger partial charge in [0.1, 0.15) is 40.7 Å². The monoisotopic (exact) mass is 829 g/mol. The Morgan fingerprint density at radius 3 is 1.64 bits per heavy atom. The predicted octanol–water partition coefficient (Wildman–Crippen LogP) is 10.5. The first-order chi connectivity index (χ1) is 26.2. The minimum absolute atomic E-state index is 0.249. The van der Waals surface area contributed by atoms with E-state index in [4.69, 9.17) is 5.02 Å². The van der Waals surface area contributed by atoms with Gasteiger partial charge in [-0.25, -0.2) is 27.5 Å². The Hall–Kier alpha value is -5.08. The number of hydrogen-bond acceptors (Lipinski definition) is 6. The minimum Gasteiger partial charge on any atom is -0.537 e. The lowest BCUT2D eigenvalue weighted by Gasteiger charge is -2.36. The molecule has 3 N–H and O–H groups in total. The first-order valence-electron chi connectivity index (χ1n) is 17.9. The molecule has 2 aliphatic heterocycles. The summed E-state index contributed by atoms with van der Waals surface area (Å²) in [6.07, 6.45) is 3.67. The Bertz CT molecular complexity index is 2460. The maximum absolute atomic E-state index is 15.1. The molecule has 291 valence electrons. The van der Waals surface area contributed by atoms with Crippen LogP contribution in [0.1, 0.15) is 73.0 Å². The second-order valence-electron chi connectivity index (χ2n) is 15.3. The van der Waals surface area contributed by atoms with Crippen LogP contribution < -0.4 is 15.3 Å². The lowest BCUT2D eigenvalue weighted by molar-refractivity contribution is 0.451. The van der Waals surface area contributed by atoms with Crippen molar-refractivity contribution in [2.75, 3.05) is 10.6 Å². The Kier molecular flexibility index (Phi) is 11.0. The van der Waals surface area contributed by atoms with Crippen molar-refractivity contribution < 1.29 is 27.2 Å². The van der Waals surface area contributed by atoms with E-state index in [2.05, 4.69) is 50.3 Å². The van der Waals surface area contributed by atoms with Gasteiger partial charge in [-0.2, -0.15) is 0 Å². The number of rotatable bonds is 3. The number of nitrogens with zero attached hydrogens (tertiary/aromatic N) is 4. The highest BCUT2D eigenvalue weighted by molar-refractivity contribution is 9.10. The molecule has 0 amide bonds. The van der Waals surface area contributed by atoms with Crippen molar-refractivity contribution in [2.45, 2.75) is 80.3 Å². The smallest absolute Gasteiger partial charge is 0.537 e. The number of aromatic nitrogens is 4. The predicted molar refractivity (Wildman–Crippen MR) is 217 cm³/mol. The molecule has 0 unspecified atom stereocenters. The molecule has 14 heteroatoms. The Morgan fingerprint density at radius 2 is 1.14 bits per heavy atom. The summed E-state index contributed by atoms with van der Waals surface area (Å²) in [5.41, 5.74) is 8.76. The van der Waals surface area contributed by atoms with Crippen molar-refractivity contribution in [1.29, 1.82) is 0 Å². The molecule has 0 saturated carbocycles. The van der Waals surface area contributed by atoms with Crippen LogP contribution in [0.25, 0.3) is 22.5 Å². The molecule has 8 nitrogen and oxygen atoms in total. The molecular formula is C42H43BBrF4N6O2. The van der Waals surface area contributed by atoms with E-state index in [0.717, 1.165) is 68.0 Å². The maximum atomic E-state index is 15.1. The van der Waals surface area contributed by atoms with Crippen molar-refractivity contribution in [2.24, 2.45) is 0 Å². The van der Waals surface area contributed by atoms with Crippen LogP contribution in [0.5, 0.6) is 5.75 Å². The highest BCUT2D eigenvalue weighted by Crippen LogP contribution is 2.44. The number of benzene rings is 4. The highest BCUT2D eigenvalue weighted by atomic mass is 79.9. The second-order valence-corrected chi connectivity index (χ2v) is 16.1. The lowest BCUT2D eigenvalue weighted by atomic mass is 9.92. The number of nitrogens with one attached hydrogen (secondary N) is 2. The fourth-order valence-corrected chi connectivity index (χ4v) is 7.75. The first-order valence-corrected chi connectivity index (χ1v) is 18.7. The molecule has 8 rings (SSSR count). The molecule has 0 spiro atoms. The number of anilines is 2. The van der Waals surface area contributed by atoms with Gasteiger partial charge in [0.05, 0.1) is 38.3 Å². The van der Waals surface area contributed by atoms with Gasteiger partial charge in [-0.1, -0.05) is 6.07 Å².